The van der Waals surface area contributed by atoms with Gasteiger partial charge in [-0.2, -0.15) is 0 Å². The summed E-state index contributed by atoms with van der Waals surface area (Å²) in [6.45, 7) is 0.150. The Kier molecular flexibility index (Phi) is 6.21. The molecule has 2 atom stereocenters. The first-order valence-electron chi connectivity index (χ1n) is 10.6. The predicted molar refractivity (Wildman–Crippen MR) is 119 cm³/mol. The third kappa shape index (κ3) is 4.14. The van der Waals surface area contributed by atoms with Gasteiger partial charge in [0.05, 0.1) is 29.3 Å². The molecule has 2 aromatic carbocycles. The summed E-state index contributed by atoms with van der Waals surface area (Å²) < 4.78 is 5.26. The molecule has 2 fully saturated rings. The maximum atomic E-state index is 13.9. The zero-order valence-electron chi connectivity index (χ0n) is 17.5. The standard InChI is InChI=1S/C24H27ClN2O4/c1-31-18-10-8-16(9-11-18)24(12-4-5-13-24)23(30)27-15-17(28)14-21(27)22(29)26-20-7-3-2-6-19(20)25/h2-3,6-11,17,21,28H,4-5,12-15H2,1H3,(H,26,29)/t17?,21-/m1/s1. The lowest BCUT2D eigenvalue weighted by molar-refractivity contribution is -0.141. The van der Waals surface area contributed by atoms with Crippen molar-refractivity contribution in [3.8, 4) is 5.75 Å². The molecule has 1 aliphatic heterocycles. The topological polar surface area (TPSA) is 78.9 Å². The van der Waals surface area contributed by atoms with Crippen LogP contribution >= 0.6 is 11.6 Å². The molecular formula is C24H27ClN2O4. The smallest absolute Gasteiger partial charge is 0.247 e. The van der Waals surface area contributed by atoms with Gasteiger partial charge < -0.3 is 20.1 Å². The normalized spacial score (nSPS) is 22.4. The molecule has 1 saturated heterocycles. The molecule has 31 heavy (non-hydrogen) atoms. The van der Waals surface area contributed by atoms with E-state index in [-0.39, 0.29) is 24.8 Å². The number of amides is 2. The van der Waals surface area contributed by atoms with Crippen molar-refractivity contribution < 1.29 is 19.4 Å². The van der Waals surface area contributed by atoms with E-state index >= 15 is 0 Å². The third-order valence-electron chi connectivity index (χ3n) is 6.48. The molecule has 2 aliphatic rings. The second kappa shape index (κ2) is 8.89. The molecule has 2 aromatic rings. The highest BCUT2D eigenvalue weighted by Crippen LogP contribution is 2.44. The number of anilines is 1. The summed E-state index contributed by atoms with van der Waals surface area (Å²) in [5.41, 5.74) is 0.746. The van der Waals surface area contributed by atoms with Crippen LogP contribution in [0.5, 0.6) is 5.75 Å². The van der Waals surface area contributed by atoms with E-state index in [1.807, 2.05) is 24.3 Å². The van der Waals surface area contributed by atoms with Crippen molar-refractivity contribution in [2.75, 3.05) is 19.0 Å². The number of methoxy groups -OCH3 is 1. The highest BCUT2D eigenvalue weighted by atomic mass is 35.5. The van der Waals surface area contributed by atoms with Crippen molar-refractivity contribution in [3.05, 3.63) is 59.1 Å². The molecule has 164 valence electrons. The number of hydrogen-bond acceptors (Lipinski definition) is 4. The maximum Gasteiger partial charge on any atom is 0.247 e. The molecular weight excluding hydrogens is 416 g/mol. The first-order valence-corrected chi connectivity index (χ1v) is 11.0. The minimum absolute atomic E-state index is 0.0916. The van der Waals surface area contributed by atoms with Gasteiger partial charge in [-0.25, -0.2) is 0 Å². The number of aliphatic hydroxyl groups excluding tert-OH is 1. The summed E-state index contributed by atoms with van der Waals surface area (Å²) in [5.74, 6) is 0.310. The fourth-order valence-corrected chi connectivity index (χ4v) is 5.04. The number of carbonyl (C=O) groups excluding carboxylic acids is 2. The highest BCUT2D eigenvalue weighted by molar-refractivity contribution is 6.33. The largest absolute Gasteiger partial charge is 0.497 e. The Morgan fingerprint density at radius 2 is 1.81 bits per heavy atom. The number of benzene rings is 2. The molecule has 7 heteroatoms. The number of likely N-dealkylation sites (tertiary alicyclic amines) is 1. The van der Waals surface area contributed by atoms with E-state index < -0.39 is 17.6 Å². The highest BCUT2D eigenvalue weighted by Gasteiger charge is 2.50. The van der Waals surface area contributed by atoms with Gasteiger partial charge in [0.15, 0.2) is 0 Å². The summed E-state index contributed by atoms with van der Waals surface area (Å²) in [6.07, 6.45) is 2.82. The first-order chi connectivity index (χ1) is 14.9. The van der Waals surface area contributed by atoms with E-state index in [1.54, 1.807) is 36.3 Å². The Hall–Kier alpha value is -2.57. The molecule has 1 heterocycles. The monoisotopic (exact) mass is 442 g/mol. The second-order valence-electron chi connectivity index (χ2n) is 8.35. The van der Waals surface area contributed by atoms with Gasteiger partial charge in [0.2, 0.25) is 11.8 Å². The lowest BCUT2D eigenvalue weighted by Gasteiger charge is -2.35. The summed E-state index contributed by atoms with van der Waals surface area (Å²) in [6, 6.07) is 13.8. The van der Waals surface area contributed by atoms with Gasteiger partial charge >= 0.3 is 0 Å². The summed E-state index contributed by atoms with van der Waals surface area (Å²) in [7, 11) is 1.61. The van der Waals surface area contributed by atoms with Gasteiger partial charge in [0.1, 0.15) is 11.8 Å². The Labute approximate surface area is 187 Å². The number of ether oxygens (including phenoxy) is 1. The van der Waals surface area contributed by atoms with Crippen LogP contribution in [0.1, 0.15) is 37.7 Å². The van der Waals surface area contributed by atoms with Crippen molar-refractivity contribution in [1.29, 1.82) is 0 Å². The van der Waals surface area contributed by atoms with Crippen LogP contribution in [0.2, 0.25) is 5.02 Å². The van der Waals surface area contributed by atoms with Crippen LogP contribution in [-0.4, -0.2) is 47.6 Å². The Bertz CT molecular complexity index is 956. The SMILES string of the molecule is COc1ccc(C2(C(=O)N3CC(O)C[C@@H]3C(=O)Nc3ccccc3Cl)CCCC2)cc1. The minimum Gasteiger partial charge on any atom is -0.497 e. The molecule has 0 aromatic heterocycles. The van der Waals surface area contributed by atoms with E-state index in [2.05, 4.69) is 5.32 Å². The molecule has 0 spiro atoms. The predicted octanol–water partition coefficient (Wildman–Crippen LogP) is 3.76. The fraction of sp³-hybridized carbons (Fsp3) is 0.417. The number of aliphatic hydroxyl groups is 1. The molecule has 1 aliphatic carbocycles. The fourth-order valence-electron chi connectivity index (χ4n) is 4.85. The lowest BCUT2D eigenvalue weighted by atomic mass is 9.77. The van der Waals surface area contributed by atoms with Gasteiger partial charge in [-0.1, -0.05) is 48.7 Å². The van der Waals surface area contributed by atoms with E-state index in [0.29, 0.717) is 10.7 Å². The summed E-state index contributed by atoms with van der Waals surface area (Å²) in [4.78, 5) is 28.5. The van der Waals surface area contributed by atoms with Crippen molar-refractivity contribution in [2.24, 2.45) is 0 Å². The van der Waals surface area contributed by atoms with Crippen molar-refractivity contribution in [2.45, 2.75) is 49.7 Å². The number of halogens is 1. The van der Waals surface area contributed by atoms with E-state index in [4.69, 9.17) is 16.3 Å². The number of nitrogens with one attached hydrogen (secondary N) is 1. The zero-order chi connectivity index (χ0) is 22.0. The third-order valence-corrected chi connectivity index (χ3v) is 6.81. The average molecular weight is 443 g/mol. The Morgan fingerprint density at radius 3 is 2.45 bits per heavy atom. The van der Waals surface area contributed by atoms with Crippen LogP contribution in [0.25, 0.3) is 0 Å². The molecule has 2 amide bonds. The molecule has 6 nitrogen and oxygen atoms in total. The van der Waals surface area contributed by atoms with Gasteiger partial charge in [-0.15, -0.1) is 0 Å². The zero-order valence-corrected chi connectivity index (χ0v) is 18.3. The average Bonchev–Trinajstić information content (AvgIpc) is 3.43. The van der Waals surface area contributed by atoms with Crippen LogP contribution in [0.4, 0.5) is 5.69 Å². The number of β-amino-alcohol motifs (C(OH)–C–C–N with tert-alkyl or cyclic N) is 1. The van der Waals surface area contributed by atoms with Crippen LogP contribution in [0.15, 0.2) is 48.5 Å². The van der Waals surface area contributed by atoms with Crippen LogP contribution in [0.3, 0.4) is 0 Å². The number of rotatable bonds is 5. The van der Waals surface area contributed by atoms with Crippen molar-refractivity contribution in [1.82, 2.24) is 4.90 Å². The van der Waals surface area contributed by atoms with Gasteiger partial charge in [-0.3, -0.25) is 9.59 Å². The van der Waals surface area contributed by atoms with Crippen molar-refractivity contribution >= 4 is 29.1 Å². The molecule has 0 radical (unpaired) electrons. The molecule has 0 bridgehead atoms. The quantitative estimate of drug-likeness (QED) is 0.739. The summed E-state index contributed by atoms with van der Waals surface area (Å²) in [5, 5.41) is 13.6. The molecule has 2 N–H and O–H groups in total. The van der Waals surface area contributed by atoms with E-state index in [1.165, 1.54) is 0 Å². The first kappa shape index (κ1) is 21.7. The summed E-state index contributed by atoms with van der Waals surface area (Å²) >= 11 is 6.18. The van der Waals surface area contributed by atoms with Gasteiger partial charge in [0.25, 0.3) is 0 Å². The van der Waals surface area contributed by atoms with Crippen LogP contribution < -0.4 is 10.1 Å². The maximum absolute atomic E-state index is 13.9. The van der Waals surface area contributed by atoms with Crippen LogP contribution in [-0.2, 0) is 15.0 Å². The molecule has 4 rings (SSSR count). The molecule has 1 unspecified atom stereocenters. The second-order valence-corrected chi connectivity index (χ2v) is 8.76. The number of hydrogen-bond donors (Lipinski definition) is 2. The molecule has 1 saturated carbocycles. The van der Waals surface area contributed by atoms with Gasteiger partial charge in [0, 0.05) is 13.0 Å². The van der Waals surface area contributed by atoms with E-state index in [0.717, 1.165) is 37.0 Å². The minimum atomic E-state index is -0.741. The number of nitrogens with zero attached hydrogens (tertiary/aromatic N) is 1. The van der Waals surface area contributed by atoms with Crippen molar-refractivity contribution in [3.63, 3.8) is 0 Å². The Balaban J connectivity index is 1.61. The number of para-hydroxylation sites is 1. The number of carbonyl (C=O) groups is 2. The van der Waals surface area contributed by atoms with Crippen LogP contribution in [0, 0.1) is 0 Å². The van der Waals surface area contributed by atoms with E-state index in [9.17, 15) is 14.7 Å². The van der Waals surface area contributed by atoms with Gasteiger partial charge in [-0.05, 0) is 42.7 Å². The lowest BCUT2D eigenvalue weighted by Crippen LogP contribution is -2.51. The Morgan fingerprint density at radius 1 is 1.13 bits per heavy atom.